The number of amides is 1. The highest BCUT2D eigenvalue weighted by atomic mass is 19.1. The molecule has 2 aromatic heterocycles. The number of rotatable bonds is 4. The summed E-state index contributed by atoms with van der Waals surface area (Å²) in [6, 6.07) is 16.8. The molecule has 1 amide bonds. The van der Waals surface area contributed by atoms with Gasteiger partial charge >= 0.3 is 0 Å². The van der Waals surface area contributed by atoms with Crippen LogP contribution in [0.5, 0.6) is 0 Å². The molecule has 5 rings (SSSR count). The lowest BCUT2D eigenvalue weighted by atomic mass is 9.95. The number of anilines is 2. The van der Waals surface area contributed by atoms with Crippen LogP contribution < -0.4 is 10.2 Å². The van der Waals surface area contributed by atoms with Crippen LogP contribution in [0.4, 0.5) is 15.9 Å². The van der Waals surface area contributed by atoms with E-state index in [2.05, 4.69) is 52.5 Å². The van der Waals surface area contributed by atoms with E-state index >= 15 is 0 Å². The summed E-state index contributed by atoms with van der Waals surface area (Å²) in [6.07, 6.45) is 1.47. The fourth-order valence-corrected chi connectivity index (χ4v) is 4.54. The maximum atomic E-state index is 13.4. The Morgan fingerprint density at radius 1 is 1.00 bits per heavy atom. The molecular weight excluding hydrogens is 429 g/mol. The van der Waals surface area contributed by atoms with Gasteiger partial charge in [-0.15, -0.1) is 0 Å². The van der Waals surface area contributed by atoms with E-state index in [1.807, 2.05) is 17.5 Å². The van der Waals surface area contributed by atoms with Crippen molar-refractivity contribution >= 4 is 23.1 Å². The zero-order chi connectivity index (χ0) is 23.8. The van der Waals surface area contributed by atoms with Gasteiger partial charge in [0.25, 0.3) is 0 Å². The van der Waals surface area contributed by atoms with Crippen LogP contribution in [0.15, 0.2) is 54.6 Å². The number of aryl methyl sites for hydroxylation is 3. The maximum absolute atomic E-state index is 13.4. The predicted molar refractivity (Wildman–Crippen MR) is 133 cm³/mol. The van der Waals surface area contributed by atoms with Crippen molar-refractivity contribution in [3.63, 3.8) is 0 Å². The third-order valence-corrected chi connectivity index (χ3v) is 6.52. The fraction of sp³-hybridized carbons (Fsp3) is 0.296. The van der Waals surface area contributed by atoms with Crippen molar-refractivity contribution in [1.29, 1.82) is 0 Å². The lowest BCUT2D eigenvalue weighted by Crippen LogP contribution is -2.39. The zero-order valence-corrected chi connectivity index (χ0v) is 19.7. The summed E-state index contributed by atoms with van der Waals surface area (Å²) in [7, 11) is 0. The van der Waals surface area contributed by atoms with Gasteiger partial charge in [0.1, 0.15) is 11.6 Å². The minimum absolute atomic E-state index is 0.00818. The first kappa shape index (κ1) is 22.1. The number of nitrogens with zero attached hydrogens (tertiary/aromatic N) is 4. The van der Waals surface area contributed by atoms with E-state index in [9.17, 15) is 9.18 Å². The number of benzene rings is 2. The molecule has 1 N–H and O–H groups in total. The van der Waals surface area contributed by atoms with Crippen molar-refractivity contribution in [3.8, 4) is 11.3 Å². The molecule has 0 bridgehead atoms. The lowest BCUT2D eigenvalue weighted by molar-refractivity contribution is -0.120. The Hall–Kier alpha value is -3.74. The van der Waals surface area contributed by atoms with Gasteiger partial charge in [-0.05, 0) is 57.4 Å². The Kier molecular flexibility index (Phi) is 5.77. The quantitative estimate of drug-likeness (QED) is 0.451. The van der Waals surface area contributed by atoms with E-state index in [0.717, 1.165) is 59.9 Å². The van der Waals surface area contributed by atoms with Crippen LogP contribution in [-0.4, -0.2) is 33.6 Å². The molecule has 3 heterocycles. The first-order chi connectivity index (χ1) is 16.4. The third kappa shape index (κ3) is 4.38. The molecule has 1 aliphatic rings. The van der Waals surface area contributed by atoms with E-state index in [0.29, 0.717) is 5.69 Å². The van der Waals surface area contributed by atoms with Crippen LogP contribution in [0.2, 0.25) is 0 Å². The van der Waals surface area contributed by atoms with Crippen LogP contribution in [-0.2, 0) is 4.79 Å². The predicted octanol–water partition coefficient (Wildman–Crippen LogP) is 5.32. The topological polar surface area (TPSA) is 62.5 Å². The molecule has 0 unspecified atom stereocenters. The van der Waals surface area contributed by atoms with E-state index in [-0.39, 0.29) is 17.6 Å². The molecule has 2 aromatic carbocycles. The molecule has 1 fully saturated rings. The maximum Gasteiger partial charge on any atom is 0.227 e. The lowest BCUT2D eigenvalue weighted by Gasteiger charge is -2.33. The van der Waals surface area contributed by atoms with Gasteiger partial charge in [0.15, 0.2) is 5.65 Å². The van der Waals surface area contributed by atoms with Crippen molar-refractivity contribution in [2.24, 2.45) is 5.92 Å². The molecular formula is C27H28FN5O. The first-order valence-corrected chi connectivity index (χ1v) is 11.6. The third-order valence-electron chi connectivity index (χ3n) is 6.52. The number of fused-ring (bicyclic) bond motifs is 1. The number of hydrogen-bond donors (Lipinski definition) is 1. The molecule has 1 saturated heterocycles. The van der Waals surface area contributed by atoms with Gasteiger partial charge in [0.2, 0.25) is 5.91 Å². The Morgan fingerprint density at radius 2 is 1.74 bits per heavy atom. The number of carbonyl (C=O) groups is 1. The minimum atomic E-state index is -0.299. The normalized spacial score (nSPS) is 14.5. The average molecular weight is 458 g/mol. The van der Waals surface area contributed by atoms with Crippen molar-refractivity contribution in [1.82, 2.24) is 14.6 Å². The molecule has 6 nitrogen and oxygen atoms in total. The summed E-state index contributed by atoms with van der Waals surface area (Å²) >= 11 is 0. The zero-order valence-electron chi connectivity index (χ0n) is 19.7. The monoisotopic (exact) mass is 457 g/mol. The number of hydrogen-bond acceptors (Lipinski definition) is 4. The van der Waals surface area contributed by atoms with Crippen molar-refractivity contribution in [2.45, 2.75) is 33.6 Å². The van der Waals surface area contributed by atoms with Crippen LogP contribution >= 0.6 is 0 Å². The van der Waals surface area contributed by atoms with Gasteiger partial charge in [0, 0.05) is 48.1 Å². The van der Waals surface area contributed by atoms with E-state index in [1.165, 1.54) is 17.7 Å². The second kappa shape index (κ2) is 8.89. The van der Waals surface area contributed by atoms with Crippen LogP contribution in [0.1, 0.15) is 29.7 Å². The number of halogens is 1. The molecule has 4 aromatic rings. The van der Waals surface area contributed by atoms with E-state index in [4.69, 9.17) is 5.10 Å². The molecule has 34 heavy (non-hydrogen) atoms. The minimum Gasteiger partial charge on any atom is -0.356 e. The Balaban J connectivity index is 1.33. The summed E-state index contributed by atoms with van der Waals surface area (Å²) in [5.41, 5.74) is 6.31. The number of aromatic nitrogens is 3. The highest BCUT2D eigenvalue weighted by Crippen LogP contribution is 2.28. The molecule has 0 spiro atoms. The molecule has 0 radical (unpaired) electrons. The van der Waals surface area contributed by atoms with E-state index in [1.54, 1.807) is 13.0 Å². The first-order valence-electron chi connectivity index (χ1n) is 11.6. The highest BCUT2D eigenvalue weighted by Gasteiger charge is 2.27. The summed E-state index contributed by atoms with van der Waals surface area (Å²) in [6.45, 7) is 7.36. The Bertz CT molecular complexity index is 1350. The molecule has 0 aliphatic carbocycles. The van der Waals surface area contributed by atoms with E-state index < -0.39 is 0 Å². The summed E-state index contributed by atoms with van der Waals surface area (Å²) in [5.74, 6) is 0.604. The van der Waals surface area contributed by atoms with Crippen molar-refractivity contribution < 1.29 is 9.18 Å². The molecule has 7 heteroatoms. The highest BCUT2D eigenvalue weighted by molar-refractivity contribution is 5.93. The average Bonchev–Trinajstić information content (AvgIpc) is 3.25. The van der Waals surface area contributed by atoms with Gasteiger partial charge < -0.3 is 10.2 Å². The summed E-state index contributed by atoms with van der Waals surface area (Å²) in [4.78, 5) is 19.8. The smallest absolute Gasteiger partial charge is 0.227 e. The molecule has 174 valence electrons. The second-order valence-corrected chi connectivity index (χ2v) is 9.13. The number of piperidine rings is 1. The van der Waals surface area contributed by atoms with Crippen LogP contribution in [0.25, 0.3) is 16.9 Å². The largest absolute Gasteiger partial charge is 0.356 e. The molecule has 0 atom stereocenters. The summed E-state index contributed by atoms with van der Waals surface area (Å²) in [5, 5.41) is 7.83. The molecule has 0 saturated carbocycles. The second-order valence-electron chi connectivity index (χ2n) is 9.13. The van der Waals surface area contributed by atoms with Gasteiger partial charge in [-0.25, -0.2) is 9.37 Å². The summed E-state index contributed by atoms with van der Waals surface area (Å²) < 4.78 is 15.3. The number of nitrogens with one attached hydrogen (secondary N) is 1. The van der Waals surface area contributed by atoms with Gasteiger partial charge in [-0.2, -0.15) is 9.61 Å². The number of carbonyl (C=O) groups excluding carboxylic acids is 1. The van der Waals surface area contributed by atoms with Crippen LogP contribution in [0, 0.1) is 32.5 Å². The standard InChI is InChI=1S/C27H28FN5O/c1-17-4-6-20(7-5-17)24-16-25-29-19(3)15-26(33(25)31-24)32-12-10-21(11-13-32)27(34)30-23-9-8-22(28)14-18(23)2/h4-9,14-16,21H,10-13H2,1-3H3,(H,30,34). The van der Waals surface area contributed by atoms with Crippen molar-refractivity contribution in [3.05, 3.63) is 77.2 Å². The molecule has 1 aliphatic heterocycles. The Labute approximate surface area is 198 Å². The SMILES string of the molecule is Cc1ccc(-c2cc3nc(C)cc(N4CCC(C(=O)Nc5ccc(F)cc5C)CC4)n3n2)cc1. The van der Waals surface area contributed by atoms with Crippen molar-refractivity contribution in [2.75, 3.05) is 23.3 Å². The van der Waals surface area contributed by atoms with Gasteiger partial charge in [-0.3, -0.25) is 4.79 Å². The van der Waals surface area contributed by atoms with Gasteiger partial charge in [0.05, 0.1) is 5.69 Å². The van der Waals surface area contributed by atoms with Gasteiger partial charge in [-0.1, -0.05) is 29.8 Å². The Morgan fingerprint density at radius 3 is 2.44 bits per heavy atom. The van der Waals surface area contributed by atoms with Crippen LogP contribution in [0.3, 0.4) is 0 Å². The fourth-order valence-electron chi connectivity index (χ4n) is 4.54.